The number of alkyl halides is 3. The van der Waals surface area contributed by atoms with E-state index in [0.717, 1.165) is 12.8 Å². The van der Waals surface area contributed by atoms with Crippen LogP contribution in [0.25, 0.3) is 0 Å². The third-order valence-electron chi connectivity index (χ3n) is 3.77. The number of rotatable bonds is 4. The van der Waals surface area contributed by atoms with Crippen LogP contribution in [-0.2, 0) is 11.2 Å². The Hall–Kier alpha value is -1.76. The Labute approximate surface area is 127 Å². The Morgan fingerprint density at radius 2 is 1.86 bits per heavy atom. The van der Waals surface area contributed by atoms with Gasteiger partial charge in [0, 0.05) is 19.1 Å². The van der Waals surface area contributed by atoms with E-state index in [1.165, 1.54) is 24.3 Å². The van der Waals surface area contributed by atoms with Crippen molar-refractivity contribution in [1.82, 2.24) is 10.2 Å². The van der Waals surface area contributed by atoms with Gasteiger partial charge in [-0.25, -0.2) is 0 Å². The molecule has 1 heterocycles. The number of ether oxygens (including phenoxy) is 1. The van der Waals surface area contributed by atoms with E-state index in [-0.39, 0.29) is 18.1 Å². The first-order chi connectivity index (χ1) is 10.4. The first-order valence-corrected chi connectivity index (χ1v) is 7.17. The van der Waals surface area contributed by atoms with Crippen molar-refractivity contribution in [1.29, 1.82) is 0 Å². The van der Waals surface area contributed by atoms with Gasteiger partial charge in [0.05, 0.1) is 6.42 Å². The Kier molecular flexibility index (Phi) is 5.28. The molecule has 122 valence electrons. The Morgan fingerprint density at radius 1 is 1.27 bits per heavy atom. The average molecular weight is 316 g/mol. The van der Waals surface area contributed by atoms with Crippen LogP contribution < -0.4 is 10.1 Å². The van der Waals surface area contributed by atoms with Crippen LogP contribution in [0.1, 0.15) is 18.4 Å². The predicted octanol–water partition coefficient (Wildman–Crippen LogP) is 2.34. The number of piperidine rings is 1. The molecule has 22 heavy (non-hydrogen) atoms. The van der Waals surface area contributed by atoms with Crippen molar-refractivity contribution >= 4 is 5.91 Å². The molecule has 0 bridgehead atoms. The third-order valence-corrected chi connectivity index (χ3v) is 3.77. The van der Waals surface area contributed by atoms with Crippen LogP contribution in [0.15, 0.2) is 24.3 Å². The first kappa shape index (κ1) is 16.6. The van der Waals surface area contributed by atoms with Crippen molar-refractivity contribution in [3.05, 3.63) is 29.8 Å². The highest BCUT2D eigenvalue weighted by molar-refractivity contribution is 5.78. The van der Waals surface area contributed by atoms with Crippen LogP contribution in [0.2, 0.25) is 0 Å². The molecule has 0 aliphatic carbocycles. The van der Waals surface area contributed by atoms with E-state index in [1.807, 2.05) is 7.05 Å². The maximum absolute atomic E-state index is 12.2. The summed E-state index contributed by atoms with van der Waals surface area (Å²) in [5.41, 5.74) is 0.676. The molecule has 0 unspecified atom stereocenters. The maximum atomic E-state index is 12.2. The van der Waals surface area contributed by atoms with E-state index < -0.39 is 6.36 Å². The number of likely N-dealkylation sites (tertiary alicyclic amines) is 1. The zero-order valence-electron chi connectivity index (χ0n) is 12.3. The predicted molar refractivity (Wildman–Crippen MR) is 75.5 cm³/mol. The van der Waals surface area contributed by atoms with Gasteiger partial charge in [-0.3, -0.25) is 4.79 Å². The van der Waals surface area contributed by atoms with Crippen LogP contribution in [0.3, 0.4) is 0 Å². The number of amides is 1. The maximum Gasteiger partial charge on any atom is 0.573 e. The molecule has 1 N–H and O–H groups in total. The number of halogens is 3. The largest absolute Gasteiger partial charge is 0.573 e. The monoisotopic (exact) mass is 316 g/mol. The Morgan fingerprint density at radius 3 is 2.36 bits per heavy atom. The smallest absolute Gasteiger partial charge is 0.406 e. The quantitative estimate of drug-likeness (QED) is 0.927. The number of benzene rings is 1. The van der Waals surface area contributed by atoms with Crippen LogP contribution in [0, 0.1) is 0 Å². The van der Waals surface area contributed by atoms with Crippen molar-refractivity contribution in [2.24, 2.45) is 0 Å². The molecule has 0 atom stereocenters. The number of carbonyl (C=O) groups excluding carboxylic acids is 1. The fraction of sp³-hybridized carbons (Fsp3) is 0.533. The summed E-state index contributed by atoms with van der Waals surface area (Å²) < 4.78 is 40.0. The summed E-state index contributed by atoms with van der Waals surface area (Å²) in [6.45, 7) is 1.42. The number of carbonyl (C=O) groups is 1. The van der Waals surface area contributed by atoms with Crippen molar-refractivity contribution in [3.8, 4) is 5.75 Å². The number of hydrogen-bond donors (Lipinski definition) is 1. The molecule has 7 heteroatoms. The summed E-state index contributed by atoms with van der Waals surface area (Å²) in [4.78, 5) is 14.0. The van der Waals surface area contributed by atoms with E-state index in [0.29, 0.717) is 24.7 Å². The van der Waals surface area contributed by atoms with E-state index in [4.69, 9.17) is 0 Å². The molecular formula is C15H19F3N2O2. The summed E-state index contributed by atoms with van der Waals surface area (Å²) in [7, 11) is 1.91. The van der Waals surface area contributed by atoms with Crippen LogP contribution in [0.4, 0.5) is 13.2 Å². The summed E-state index contributed by atoms with van der Waals surface area (Å²) in [6.07, 6.45) is -2.67. The summed E-state index contributed by atoms with van der Waals surface area (Å²) in [6, 6.07) is 5.87. The van der Waals surface area contributed by atoms with Crippen molar-refractivity contribution < 1.29 is 22.7 Å². The highest BCUT2D eigenvalue weighted by atomic mass is 19.4. The van der Waals surface area contributed by atoms with Crippen molar-refractivity contribution in [3.63, 3.8) is 0 Å². The first-order valence-electron chi connectivity index (χ1n) is 7.17. The highest BCUT2D eigenvalue weighted by Crippen LogP contribution is 2.23. The van der Waals surface area contributed by atoms with Gasteiger partial charge in [-0.05, 0) is 37.6 Å². The Balaban J connectivity index is 1.87. The molecule has 1 amide bonds. The topological polar surface area (TPSA) is 41.6 Å². The van der Waals surface area contributed by atoms with Gasteiger partial charge in [-0.2, -0.15) is 0 Å². The zero-order valence-corrected chi connectivity index (χ0v) is 12.3. The summed E-state index contributed by atoms with van der Waals surface area (Å²) in [5.74, 6) is -0.280. The number of nitrogens with zero attached hydrogens (tertiary/aromatic N) is 1. The second-order valence-corrected chi connectivity index (χ2v) is 5.31. The van der Waals surface area contributed by atoms with Gasteiger partial charge in [0.25, 0.3) is 0 Å². The van der Waals surface area contributed by atoms with Gasteiger partial charge < -0.3 is 15.0 Å². The normalized spacial score (nSPS) is 16.6. The van der Waals surface area contributed by atoms with Crippen LogP contribution in [0.5, 0.6) is 5.75 Å². The van der Waals surface area contributed by atoms with Gasteiger partial charge in [0.1, 0.15) is 5.75 Å². The molecule has 0 spiro atoms. The summed E-state index contributed by atoms with van der Waals surface area (Å²) >= 11 is 0. The number of nitrogens with one attached hydrogen (secondary N) is 1. The second-order valence-electron chi connectivity index (χ2n) is 5.31. The molecule has 1 saturated heterocycles. The lowest BCUT2D eigenvalue weighted by atomic mass is 10.0. The lowest BCUT2D eigenvalue weighted by molar-refractivity contribution is -0.274. The summed E-state index contributed by atoms with van der Waals surface area (Å²) in [5, 5.41) is 3.19. The van der Waals surface area contributed by atoms with Crippen molar-refractivity contribution in [2.75, 3.05) is 20.1 Å². The van der Waals surface area contributed by atoms with Gasteiger partial charge in [0.2, 0.25) is 5.91 Å². The second kappa shape index (κ2) is 7.00. The number of hydrogen-bond acceptors (Lipinski definition) is 3. The molecule has 0 radical (unpaired) electrons. The van der Waals surface area contributed by atoms with E-state index in [9.17, 15) is 18.0 Å². The molecule has 0 aromatic heterocycles. The molecule has 2 rings (SSSR count). The van der Waals surface area contributed by atoms with Crippen LogP contribution in [-0.4, -0.2) is 43.3 Å². The molecule has 1 aromatic rings. The lowest BCUT2D eigenvalue weighted by Gasteiger charge is -2.31. The standard InChI is InChI=1S/C15H19F3N2O2/c1-19-12-6-8-20(9-7-12)14(21)10-11-2-4-13(5-3-11)22-15(16,17)18/h2-5,12,19H,6-10H2,1H3. The fourth-order valence-corrected chi connectivity index (χ4v) is 2.51. The van der Waals surface area contributed by atoms with Gasteiger partial charge in [-0.1, -0.05) is 12.1 Å². The Bertz CT molecular complexity index is 495. The molecule has 1 aromatic carbocycles. The van der Waals surface area contributed by atoms with Gasteiger partial charge in [-0.15, -0.1) is 13.2 Å². The molecule has 1 aliphatic rings. The minimum absolute atomic E-state index is 0.000886. The lowest BCUT2D eigenvalue weighted by Crippen LogP contribution is -2.44. The third kappa shape index (κ3) is 4.91. The molecular weight excluding hydrogens is 297 g/mol. The van der Waals surface area contributed by atoms with Gasteiger partial charge >= 0.3 is 6.36 Å². The highest BCUT2D eigenvalue weighted by Gasteiger charge is 2.31. The minimum atomic E-state index is -4.70. The van der Waals surface area contributed by atoms with Crippen LogP contribution >= 0.6 is 0 Å². The molecule has 0 saturated carbocycles. The minimum Gasteiger partial charge on any atom is -0.406 e. The van der Waals surface area contributed by atoms with Gasteiger partial charge in [0.15, 0.2) is 0 Å². The van der Waals surface area contributed by atoms with E-state index in [1.54, 1.807) is 4.90 Å². The SMILES string of the molecule is CNC1CCN(C(=O)Cc2ccc(OC(F)(F)F)cc2)CC1. The van der Waals surface area contributed by atoms with Crippen molar-refractivity contribution in [2.45, 2.75) is 31.7 Å². The molecule has 1 fully saturated rings. The average Bonchev–Trinajstić information content (AvgIpc) is 2.48. The van der Waals surface area contributed by atoms with E-state index in [2.05, 4.69) is 10.1 Å². The fourth-order valence-electron chi connectivity index (χ4n) is 2.51. The van der Waals surface area contributed by atoms with E-state index >= 15 is 0 Å². The molecule has 4 nitrogen and oxygen atoms in total. The zero-order chi connectivity index (χ0) is 16.2. The molecule has 1 aliphatic heterocycles.